The normalized spacial score (nSPS) is 12.2. The van der Waals surface area contributed by atoms with Crippen molar-refractivity contribution in [2.24, 2.45) is 0 Å². The van der Waals surface area contributed by atoms with Crippen molar-refractivity contribution in [3.8, 4) is 0 Å². The third kappa shape index (κ3) is 52.6. The summed E-state index contributed by atoms with van der Waals surface area (Å²) in [6.45, 7) is 6.65. The minimum Gasteiger partial charge on any atom is -0.462 e. The van der Waals surface area contributed by atoms with Crippen LogP contribution in [0.2, 0.25) is 0 Å². The zero-order chi connectivity index (χ0) is 47.9. The molecule has 1 atom stereocenters. The van der Waals surface area contributed by atoms with Gasteiger partial charge < -0.3 is 14.2 Å². The van der Waals surface area contributed by atoms with Gasteiger partial charge in [-0.2, -0.15) is 0 Å². The van der Waals surface area contributed by atoms with Crippen LogP contribution in [0.25, 0.3) is 0 Å². The smallest absolute Gasteiger partial charge is 0.306 e. The molecule has 1 unspecified atom stereocenters. The third-order valence-electron chi connectivity index (χ3n) is 12.9. The minimum absolute atomic E-state index is 0.0729. The Hall–Kier alpha value is -2.37. The molecular formula is C60H110O6. The van der Waals surface area contributed by atoms with E-state index in [9.17, 15) is 14.4 Å². The second-order valence-corrected chi connectivity index (χ2v) is 19.6. The molecule has 0 saturated carbocycles. The second-order valence-electron chi connectivity index (χ2n) is 19.6. The van der Waals surface area contributed by atoms with Gasteiger partial charge in [-0.05, 0) is 77.0 Å². The molecule has 0 aliphatic heterocycles. The highest BCUT2D eigenvalue weighted by Crippen LogP contribution is 2.16. The van der Waals surface area contributed by atoms with Crippen LogP contribution in [0.1, 0.15) is 310 Å². The second kappa shape index (κ2) is 55.2. The highest BCUT2D eigenvalue weighted by atomic mass is 16.6. The lowest BCUT2D eigenvalue weighted by atomic mass is 10.0. The Morgan fingerprint density at radius 1 is 0.303 bits per heavy atom. The highest BCUT2D eigenvalue weighted by Gasteiger charge is 2.19. The first-order chi connectivity index (χ1) is 32.5. The Morgan fingerprint density at radius 2 is 0.545 bits per heavy atom. The van der Waals surface area contributed by atoms with E-state index in [2.05, 4.69) is 57.2 Å². The summed E-state index contributed by atoms with van der Waals surface area (Å²) < 4.78 is 16.9. The topological polar surface area (TPSA) is 78.9 Å². The molecule has 0 spiro atoms. The first kappa shape index (κ1) is 63.6. The van der Waals surface area contributed by atoms with Crippen molar-refractivity contribution in [1.82, 2.24) is 0 Å². The number of esters is 3. The van der Waals surface area contributed by atoms with Gasteiger partial charge in [0.25, 0.3) is 0 Å². The minimum atomic E-state index is -0.775. The van der Waals surface area contributed by atoms with Crippen molar-refractivity contribution >= 4 is 17.9 Å². The largest absolute Gasteiger partial charge is 0.462 e. The maximum Gasteiger partial charge on any atom is 0.306 e. The maximum absolute atomic E-state index is 12.9. The molecule has 66 heavy (non-hydrogen) atoms. The van der Waals surface area contributed by atoms with E-state index < -0.39 is 6.10 Å². The predicted molar refractivity (Wildman–Crippen MR) is 284 cm³/mol. The van der Waals surface area contributed by atoms with Crippen LogP contribution >= 0.6 is 0 Å². The van der Waals surface area contributed by atoms with Crippen molar-refractivity contribution in [3.05, 3.63) is 36.5 Å². The van der Waals surface area contributed by atoms with Gasteiger partial charge >= 0.3 is 17.9 Å². The Labute approximate surface area is 410 Å². The molecule has 0 rings (SSSR count). The number of hydrogen-bond acceptors (Lipinski definition) is 6. The number of allylic oxidation sites excluding steroid dienone is 6. The molecule has 0 aromatic heterocycles. The molecule has 0 aliphatic carbocycles. The summed E-state index contributed by atoms with van der Waals surface area (Å²) in [5.74, 6) is -0.869. The molecular weight excluding hydrogens is 817 g/mol. The maximum atomic E-state index is 12.9. The monoisotopic (exact) mass is 927 g/mol. The van der Waals surface area contributed by atoms with Crippen LogP contribution < -0.4 is 0 Å². The molecule has 0 aliphatic rings. The molecule has 0 radical (unpaired) electrons. The molecule has 0 heterocycles. The average Bonchev–Trinajstić information content (AvgIpc) is 3.31. The molecule has 0 N–H and O–H groups in total. The molecule has 0 saturated heterocycles. The Bertz CT molecular complexity index is 1110. The lowest BCUT2D eigenvalue weighted by Crippen LogP contribution is -2.30. The van der Waals surface area contributed by atoms with Gasteiger partial charge in [0.2, 0.25) is 0 Å². The van der Waals surface area contributed by atoms with E-state index in [0.717, 1.165) is 70.6 Å². The lowest BCUT2D eigenvalue weighted by Gasteiger charge is -2.18. The third-order valence-corrected chi connectivity index (χ3v) is 12.9. The summed E-state index contributed by atoms with van der Waals surface area (Å²) in [7, 11) is 0. The Kier molecular flexibility index (Phi) is 53.2. The molecule has 0 aromatic carbocycles. The van der Waals surface area contributed by atoms with Gasteiger partial charge in [0.05, 0.1) is 0 Å². The number of rotatable bonds is 53. The quantitative estimate of drug-likeness (QED) is 0.0262. The van der Waals surface area contributed by atoms with E-state index >= 15 is 0 Å². The van der Waals surface area contributed by atoms with Crippen LogP contribution in [-0.4, -0.2) is 37.2 Å². The van der Waals surface area contributed by atoms with Crippen molar-refractivity contribution in [1.29, 1.82) is 0 Å². The Morgan fingerprint density at radius 3 is 0.864 bits per heavy atom. The standard InChI is InChI=1S/C60H110O6/c1-4-7-10-13-16-19-22-25-27-29-31-32-35-38-41-44-47-50-53-59(62)65-56-57(55-64-58(61)52-49-46-43-40-37-34-24-21-18-15-12-9-6-3)66-60(63)54-51-48-45-42-39-36-33-30-28-26-23-20-17-14-11-8-5-2/h19,22,26-29,57H,4-18,20-21,23-25,30-56H2,1-3H3/b22-19-,28-26-,29-27-. The summed E-state index contributed by atoms with van der Waals surface area (Å²) in [5, 5.41) is 0. The molecule has 386 valence electrons. The van der Waals surface area contributed by atoms with Crippen LogP contribution in [0.5, 0.6) is 0 Å². The van der Waals surface area contributed by atoms with Crippen LogP contribution in [0.15, 0.2) is 36.5 Å². The van der Waals surface area contributed by atoms with Gasteiger partial charge in [-0.15, -0.1) is 0 Å². The summed E-state index contributed by atoms with van der Waals surface area (Å²) in [6, 6.07) is 0. The van der Waals surface area contributed by atoms with Crippen molar-refractivity contribution < 1.29 is 28.6 Å². The van der Waals surface area contributed by atoms with Crippen LogP contribution in [0, 0.1) is 0 Å². The number of ether oxygens (including phenoxy) is 3. The number of carbonyl (C=O) groups excluding carboxylic acids is 3. The van der Waals surface area contributed by atoms with E-state index in [1.54, 1.807) is 0 Å². The number of hydrogen-bond donors (Lipinski definition) is 0. The lowest BCUT2D eigenvalue weighted by molar-refractivity contribution is -0.167. The van der Waals surface area contributed by atoms with Gasteiger partial charge in [0.1, 0.15) is 13.2 Å². The predicted octanol–water partition coefficient (Wildman–Crippen LogP) is 19.3. The fourth-order valence-corrected chi connectivity index (χ4v) is 8.47. The van der Waals surface area contributed by atoms with E-state index in [4.69, 9.17) is 14.2 Å². The van der Waals surface area contributed by atoms with Gasteiger partial charge in [-0.3, -0.25) is 14.4 Å². The van der Waals surface area contributed by atoms with Crippen molar-refractivity contribution in [2.75, 3.05) is 13.2 Å². The van der Waals surface area contributed by atoms with E-state index in [-0.39, 0.29) is 31.1 Å². The van der Waals surface area contributed by atoms with Gasteiger partial charge in [0, 0.05) is 19.3 Å². The number of unbranched alkanes of at least 4 members (excludes halogenated alkanes) is 36. The average molecular weight is 928 g/mol. The van der Waals surface area contributed by atoms with Gasteiger partial charge in [-0.25, -0.2) is 0 Å². The van der Waals surface area contributed by atoms with Crippen LogP contribution in [0.4, 0.5) is 0 Å². The van der Waals surface area contributed by atoms with Crippen molar-refractivity contribution in [3.63, 3.8) is 0 Å². The van der Waals surface area contributed by atoms with Crippen LogP contribution in [0.3, 0.4) is 0 Å². The Balaban J connectivity index is 4.35. The summed E-state index contributed by atoms with van der Waals surface area (Å²) >= 11 is 0. The van der Waals surface area contributed by atoms with E-state index in [1.807, 2.05) is 0 Å². The summed E-state index contributed by atoms with van der Waals surface area (Å²) in [6.07, 6.45) is 65.5. The van der Waals surface area contributed by atoms with E-state index in [1.165, 1.54) is 199 Å². The van der Waals surface area contributed by atoms with Gasteiger partial charge in [0.15, 0.2) is 6.10 Å². The zero-order valence-corrected chi connectivity index (χ0v) is 44.2. The summed E-state index contributed by atoms with van der Waals surface area (Å²) in [4.78, 5) is 38.1. The first-order valence-corrected chi connectivity index (χ1v) is 29.0. The summed E-state index contributed by atoms with van der Waals surface area (Å²) in [5.41, 5.74) is 0. The van der Waals surface area contributed by atoms with Crippen molar-refractivity contribution in [2.45, 2.75) is 316 Å². The fourth-order valence-electron chi connectivity index (χ4n) is 8.47. The molecule has 6 nitrogen and oxygen atoms in total. The first-order valence-electron chi connectivity index (χ1n) is 29.0. The van der Waals surface area contributed by atoms with Gasteiger partial charge in [-0.1, -0.05) is 250 Å². The SMILES string of the molecule is CCCCCC/C=C\C/C=C\CCCCCCCCCC(=O)OCC(COC(=O)CCCCCCCCCCCCCCC)OC(=O)CCCCCCCCC/C=C\CCCCCCCC. The molecule has 0 amide bonds. The highest BCUT2D eigenvalue weighted by molar-refractivity contribution is 5.71. The molecule has 0 aromatic rings. The zero-order valence-electron chi connectivity index (χ0n) is 44.2. The number of carbonyl (C=O) groups is 3. The van der Waals surface area contributed by atoms with Crippen LogP contribution in [-0.2, 0) is 28.6 Å². The molecule has 6 heteroatoms. The van der Waals surface area contributed by atoms with E-state index in [0.29, 0.717) is 19.3 Å². The molecule has 0 fully saturated rings. The fraction of sp³-hybridized carbons (Fsp3) is 0.850. The molecule has 0 bridgehead atoms.